The van der Waals surface area contributed by atoms with Crippen molar-refractivity contribution in [3.8, 4) is 5.75 Å². The second-order valence-corrected chi connectivity index (χ2v) is 6.39. The van der Waals surface area contributed by atoms with Crippen molar-refractivity contribution >= 4 is 27.5 Å². The van der Waals surface area contributed by atoms with E-state index >= 15 is 0 Å². The molecule has 1 aliphatic rings. The van der Waals surface area contributed by atoms with Crippen LogP contribution < -0.4 is 10.1 Å². The second-order valence-electron chi connectivity index (χ2n) is 5.54. The summed E-state index contributed by atoms with van der Waals surface area (Å²) in [6.45, 7) is 0.499. The Morgan fingerprint density at radius 1 is 1.18 bits per heavy atom. The number of halogens is 1. The maximum absolute atomic E-state index is 12.0. The average molecular weight is 360 g/mol. The van der Waals surface area contributed by atoms with E-state index < -0.39 is 0 Å². The van der Waals surface area contributed by atoms with E-state index in [0.29, 0.717) is 6.61 Å². The van der Waals surface area contributed by atoms with Crippen LogP contribution in [0.2, 0.25) is 0 Å². The lowest BCUT2D eigenvalue weighted by Gasteiger charge is -2.24. The number of benzene rings is 2. The molecule has 0 bridgehead atoms. The van der Waals surface area contributed by atoms with Crippen LogP contribution in [0.5, 0.6) is 5.75 Å². The minimum absolute atomic E-state index is 0.114. The molecule has 3 nitrogen and oxygen atoms in total. The summed E-state index contributed by atoms with van der Waals surface area (Å²) in [7, 11) is 0. The van der Waals surface area contributed by atoms with Gasteiger partial charge in [0.05, 0.1) is 4.47 Å². The zero-order valence-electron chi connectivity index (χ0n) is 12.2. The zero-order valence-corrected chi connectivity index (χ0v) is 13.8. The van der Waals surface area contributed by atoms with Gasteiger partial charge in [-0.25, -0.2) is 0 Å². The van der Waals surface area contributed by atoms with Crippen LogP contribution in [0, 0.1) is 5.92 Å². The van der Waals surface area contributed by atoms with E-state index in [1.807, 2.05) is 48.5 Å². The van der Waals surface area contributed by atoms with Crippen LogP contribution in [0.4, 0.5) is 5.69 Å². The van der Waals surface area contributed by atoms with Gasteiger partial charge in [-0.1, -0.05) is 36.8 Å². The third-order valence-electron chi connectivity index (χ3n) is 3.91. The van der Waals surface area contributed by atoms with Crippen molar-refractivity contribution < 1.29 is 9.53 Å². The molecule has 22 heavy (non-hydrogen) atoms. The number of anilines is 1. The molecule has 1 saturated carbocycles. The molecule has 2 aromatic rings. The normalized spacial score (nSPS) is 14.2. The van der Waals surface area contributed by atoms with E-state index in [2.05, 4.69) is 21.2 Å². The van der Waals surface area contributed by atoms with Gasteiger partial charge in [-0.15, -0.1) is 0 Å². The molecule has 4 heteroatoms. The molecular weight excluding hydrogens is 342 g/mol. The van der Waals surface area contributed by atoms with Crippen molar-refractivity contribution in [1.29, 1.82) is 0 Å². The largest absolute Gasteiger partial charge is 0.488 e. The monoisotopic (exact) mass is 359 g/mol. The van der Waals surface area contributed by atoms with Gasteiger partial charge in [0.2, 0.25) is 5.91 Å². The van der Waals surface area contributed by atoms with E-state index in [4.69, 9.17) is 4.74 Å². The third kappa shape index (κ3) is 3.69. The molecule has 1 aliphatic carbocycles. The van der Waals surface area contributed by atoms with Crippen molar-refractivity contribution in [1.82, 2.24) is 0 Å². The Morgan fingerprint density at radius 2 is 1.95 bits per heavy atom. The maximum atomic E-state index is 12.0. The number of rotatable bonds is 5. The van der Waals surface area contributed by atoms with Gasteiger partial charge in [0.1, 0.15) is 12.4 Å². The highest BCUT2D eigenvalue weighted by atomic mass is 79.9. The van der Waals surface area contributed by atoms with Gasteiger partial charge in [0.15, 0.2) is 0 Å². The number of ether oxygens (including phenoxy) is 1. The van der Waals surface area contributed by atoms with Crippen LogP contribution in [0.3, 0.4) is 0 Å². The number of hydrogen-bond donors (Lipinski definition) is 1. The predicted molar refractivity (Wildman–Crippen MR) is 90.9 cm³/mol. The smallest absolute Gasteiger partial charge is 0.227 e. The molecule has 0 atom stereocenters. The van der Waals surface area contributed by atoms with Gasteiger partial charge < -0.3 is 10.1 Å². The summed E-state index contributed by atoms with van der Waals surface area (Å²) < 4.78 is 6.73. The highest BCUT2D eigenvalue weighted by Gasteiger charge is 2.25. The second kappa shape index (κ2) is 6.97. The summed E-state index contributed by atoms with van der Waals surface area (Å²) in [5.41, 5.74) is 1.89. The maximum Gasteiger partial charge on any atom is 0.227 e. The van der Waals surface area contributed by atoms with Crippen LogP contribution in [-0.2, 0) is 11.4 Å². The number of carbonyl (C=O) groups excluding carboxylic acids is 1. The standard InChI is InChI=1S/C18H18BrNO2/c19-16-10-9-15(20-18(21)14-7-4-8-14)11-17(16)22-12-13-5-2-1-3-6-13/h1-3,5-6,9-11,14H,4,7-8,12H2,(H,20,21). The zero-order chi connectivity index (χ0) is 15.4. The van der Waals surface area contributed by atoms with Crippen LogP contribution in [0.1, 0.15) is 24.8 Å². The molecular formula is C18H18BrNO2. The summed E-state index contributed by atoms with van der Waals surface area (Å²) in [6.07, 6.45) is 3.16. The minimum Gasteiger partial charge on any atom is -0.488 e. The van der Waals surface area contributed by atoms with Crippen molar-refractivity contribution in [2.75, 3.05) is 5.32 Å². The van der Waals surface area contributed by atoms with E-state index in [9.17, 15) is 4.79 Å². The molecule has 1 amide bonds. The molecule has 0 heterocycles. The average Bonchev–Trinajstić information content (AvgIpc) is 2.47. The summed E-state index contributed by atoms with van der Waals surface area (Å²) in [5, 5.41) is 2.97. The fraction of sp³-hybridized carbons (Fsp3) is 0.278. The first-order chi connectivity index (χ1) is 10.7. The molecule has 114 valence electrons. The molecule has 0 saturated heterocycles. The topological polar surface area (TPSA) is 38.3 Å². The first-order valence-corrected chi connectivity index (χ1v) is 8.29. The van der Waals surface area contributed by atoms with E-state index in [1.165, 1.54) is 0 Å². The third-order valence-corrected chi connectivity index (χ3v) is 4.57. The van der Waals surface area contributed by atoms with Gasteiger partial charge in [-0.05, 0) is 46.5 Å². The van der Waals surface area contributed by atoms with E-state index in [1.54, 1.807) is 0 Å². The SMILES string of the molecule is O=C(Nc1ccc(Br)c(OCc2ccccc2)c1)C1CCC1. The number of nitrogens with one attached hydrogen (secondary N) is 1. The van der Waals surface area contributed by atoms with Gasteiger partial charge in [-0.3, -0.25) is 4.79 Å². The number of carbonyl (C=O) groups is 1. The lowest BCUT2D eigenvalue weighted by molar-refractivity contribution is -0.122. The van der Waals surface area contributed by atoms with E-state index in [-0.39, 0.29) is 11.8 Å². The molecule has 0 aliphatic heterocycles. The summed E-state index contributed by atoms with van der Waals surface area (Å²) in [6, 6.07) is 15.7. The molecule has 0 radical (unpaired) electrons. The Morgan fingerprint density at radius 3 is 2.64 bits per heavy atom. The van der Waals surface area contributed by atoms with Gasteiger partial charge in [-0.2, -0.15) is 0 Å². The fourth-order valence-electron chi connectivity index (χ4n) is 2.34. The van der Waals surface area contributed by atoms with Gasteiger partial charge in [0, 0.05) is 17.7 Å². The molecule has 1 fully saturated rings. The van der Waals surface area contributed by atoms with Gasteiger partial charge >= 0.3 is 0 Å². The Bertz CT molecular complexity index is 653. The van der Waals surface area contributed by atoms with Crippen molar-refractivity contribution in [2.45, 2.75) is 25.9 Å². The Balaban J connectivity index is 1.65. The van der Waals surface area contributed by atoms with Gasteiger partial charge in [0.25, 0.3) is 0 Å². The van der Waals surface area contributed by atoms with Crippen molar-refractivity contribution in [2.24, 2.45) is 5.92 Å². The van der Waals surface area contributed by atoms with Crippen LogP contribution >= 0.6 is 15.9 Å². The lowest BCUT2D eigenvalue weighted by Crippen LogP contribution is -2.28. The highest BCUT2D eigenvalue weighted by molar-refractivity contribution is 9.10. The van der Waals surface area contributed by atoms with Crippen LogP contribution in [0.15, 0.2) is 53.0 Å². The Kier molecular flexibility index (Phi) is 4.78. The number of amides is 1. The minimum atomic E-state index is 0.114. The molecule has 0 spiro atoms. The first kappa shape index (κ1) is 15.1. The summed E-state index contributed by atoms with van der Waals surface area (Å²) >= 11 is 3.49. The van der Waals surface area contributed by atoms with Crippen LogP contribution in [0.25, 0.3) is 0 Å². The molecule has 2 aromatic carbocycles. The van der Waals surface area contributed by atoms with E-state index in [0.717, 1.165) is 40.7 Å². The molecule has 0 aromatic heterocycles. The Hall–Kier alpha value is -1.81. The number of hydrogen-bond acceptors (Lipinski definition) is 2. The lowest BCUT2D eigenvalue weighted by atomic mass is 9.85. The van der Waals surface area contributed by atoms with Crippen molar-refractivity contribution in [3.05, 3.63) is 58.6 Å². The molecule has 1 N–H and O–H groups in total. The predicted octanol–water partition coefficient (Wildman–Crippen LogP) is 4.77. The highest BCUT2D eigenvalue weighted by Crippen LogP contribution is 2.31. The van der Waals surface area contributed by atoms with Crippen molar-refractivity contribution in [3.63, 3.8) is 0 Å². The Labute approximate surface area is 138 Å². The summed E-state index contributed by atoms with van der Waals surface area (Å²) in [5.74, 6) is 1.02. The first-order valence-electron chi connectivity index (χ1n) is 7.49. The van der Waals surface area contributed by atoms with Crippen LogP contribution in [-0.4, -0.2) is 5.91 Å². The molecule has 0 unspecified atom stereocenters. The summed E-state index contributed by atoms with van der Waals surface area (Å²) in [4.78, 5) is 12.0. The molecule has 3 rings (SSSR count). The fourth-order valence-corrected chi connectivity index (χ4v) is 2.70. The quantitative estimate of drug-likeness (QED) is 0.834.